The van der Waals surface area contributed by atoms with Crippen LogP contribution in [0, 0.1) is 12.7 Å². The van der Waals surface area contributed by atoms with Crippen LogP contribution in [0.25, 0.3) is 5.69 Å². The first-order valence-corrected chi connectivity index (χ1v) is 7.81. The van der Waals surface area contributed by atoms with E-state index < -0.39 is 17.7 Å². The summed E-state index contributed by atoms with van der Waals surface area (Å²) in [5.41, 5.74) is 1.75. The van der Waals surface area contributed by atoms with E-state index in [1.807, 2.05) is 0 Å². The largest absolute Gasteiger partial charge is 0.465 e. The van der Waals surface area contributed by atoms with Crippen LogP contribution in [0.5, 0.6) is 0 Å². The van der Waals surface area contributed by atoms with Crippen LogP contribution in [-0.4, -0.2) is 28.8 Å². The minimum Gasteiger partial charge on any atom is -0.465 e. The first-order valence-electron chi connectivity index (χ1n) is 7.81. The number of hydrogen-bond acceptors (Lipinski definition) is 4. The van der Waals surface area contributed by atoms with Gasteiger partial charge < -0.3 is 10.1 Å². The maximum atomic E-state index is 14.0. The Labute approximate surface area is 149 Å². The molecule has 0 radical (unpaired) electrons. The number of benzene rings is 2. The predicted octanol–water partition coefficient (Wildman–Crippen LogP) is 3.36. The van der Waals surface area contributed by atoms with Crippen molar-refractivity contribution in [3.63, 3.8) is 0 Å². The molecule has 26 heavy (non-hydrogen) atoms. The number of ether oxygens (including phenoxy) is 1. The number of nitrogens with one attached hydrogen (secondary N) is 1. The van der Waals surface area contributed by atoms with Gasteiger partial charge in [-0.25, -0.2) is 13.9 Å². The minimum absolute atomic E-state index is 0.134. The van der Waals surface area contributed by atoms with Gasteiger partial charge in [0.15, 0.2) is 5.69 Å². The van der Waals surface area contributed by atoms with Gasteiger partial charge in [-0.2, -0.15) is 5.10 Å². The van der Waals surface area contributed by atoms with E-state index in [4.69, 9.17) is 0 Å². The number of para-hydroxylation sites is 1. The first kappa shape index (κ1) is 17.3. The Morgan fingerprint density at radius 3 is 2.62 bits per heavy atom. The van der Waals surface area contributed by atoms with E-state index in [1.165, 1.54) is 23.9 Å². The van der Waals surface area contributed by atoms with Crippen LogP contribution in [0.3, 0.4) is 0 Å². The molecule has 0 aliphatic heterocycles. The molecule has 1 aromatic heterocycles. The maximum absolute atomic E-state index is 14.0. The average molecular weight is 353 g/mol. The van der Waals surface area contributed by atoms with E-state index in [0.29, 0.717) is 16.9 Å². The third kappa shape index (κ3) is 3.46. The highest BCUT2D eigenvalue weighted by atomic mass is 19.1. The van der Waals surface area contributed by atoms with Crippen molar-refractivity contribution in [3.8, 4) is 5.69 Å². The molecule has 1 heterocycles. The summed E-state index contributed by atoms with van der Waals surface area (Å²) in [6, 6.07) is 14.1. The molecule has 132 valence electrons. The Balaban J connectivity index is 1.85. The number of rotatable bonds is 4. The summed E-state index contributed by atoms with van der Waals surface area (Å²) in [5.74, 6) is -1.40. The molecule has 0 fully saturated rings. The van der Waals surface area contributed by atoms with Gasteiger partial charge in [0.1, 0.15) is 11.5 Å². The Hall–Kier alpha value is -3.48. The van der Waals surface area contributed by atoms with Gasteiger partial charge in [-0.3, -0.25) is 4.79 Å². The Kier molecular flexibility index (Phi) is 4.79. The van der Waals surface area contributed by atoms with Crippen molar-refractivity contribution in [1.82, 2.24) is 9.78 Å². The fourth-order valence-corrected chi connectivity index (χ4v) is 2.49. The highest BCUT2D eigenvalue weighted by Gasteiger charge is 2.16. The van der Waals surface area contributed by atoms with Crippen molar-refractivity contribution in [1.29, 1.82) is 0 Å². The van der Waals surface area contributed by atoms with Crippen molar-refractivity contribution < 1.29 is 18.7 Å². The lowest BCUT2D eigenvalue weighted by Crippen LogP contribution is -2.14. The zero-order valence-electron chi connectivity index (χ0n) is 14.2. The van der Waals surface area contributed by atoms with E-state index >= 15 is 0 Å². The summed E-state index contributed by atoms with van der Waals surface area (Å²) in [5, 5.41) is 6.85. The fraction of sp³-hybridized carbons (Fsp3) is 0.105. The molecule has 0 aliphatic carbocycles. The molecule has 2 aromatic carbocycles. The van der Waals surface area contributed by atoms with Crippen LogP contribution in [0.4, 0.5) is 10.1 Å². The third-order valence-corrected chi connectivity index (χ3v) is 3.74. The summed E-state index contributed by atoms with van der Waals surface area (Å²) in [7, 11) is 1.28. The SMILES string of the molecule is COC(=O)c1cccc(NC(=O)c2cc(C)n(-c3ccccc3F)n2)c1. The molecule has 7 heteroatoms. The maximum Gasteiger partial charge on any atom is 0.337 e. The third-order valence-electron chi connectivity index (χ3n) is 3.74. The topological polar surface area (TPSA) is 73.2 Å². The van der Waals surface area contributed by atoms with Gasteiger partial charge in [0.05, 0.1) is 12.7 Å². The number of carbonyl (C=O) groups is 2. The average Bonchev–Trinajstić information content (AvgIpc) is 3.03. The molecule has 0 saturated carbocycles. The number of halogens is 1. The van der Waals surface area contributed by atoms with Crippen LogP contribution in [0.2, 0.25) is 0 Å². The van der Waals surface area contributed by atoms with E-state index in [0.717, 1.165) is 0 Å². The monoisotopic (exact) mass is 353 g/mol. The second kappa shape index (κ2) is 7.18. The Morgan fingerprint density at radius 1 is 1.12 bits per heavy atom. The smallest absolute Gasteiger partial charge is 0.337 e. The number of methoxy groups -OCH3 is 1. The number of nitrogens with zero attached hydrogens (tertiary/aromatic N) is 2. The second-order valence-electron chi connectivity index (χ2n) is 5.56. The molecule has 0 bridgehead atoms. The molecule has 0 saturated heterocycles. The lowest BCUT2D eigenvalue weighted by Gasteiger charge is -2.06. The van der Waals surface area contributed by atoms with Crippen molar-refractivity contribution >= 4 is 17.6 Å². The van der Waals surface area contributed by atoms with Crippen LogP contribution in [0.15, 0.2) is 54.6 Å². The molecule has 1 amide bonds. The lowest BCUT2D eigenvalue weighted by molar-refractivity contribution is 0.0600. The van der Waals surface area contributed by atoms with E-state index in [9.17, 15) is 14.0 Å². The van der Waals surface area contributed by atoms with Gasteiger partial charge in [-0.15, -0.1) is 0 Å². The molecule has 0 unspecified atom stereocenters. The molecule has 6 nitrogen and oxygen atoms in total. The fourth-order valence-electron chi connectivity index (χ4n) is 2.49. The van der Waals surface area contributed by atoms with Crippen molar-refractivity contribution in [2.75, 3.05) is 12.4 Å². The highest BCUT2D eigenvalue weighted by Crippen LogP contribution is 2.17. The number of amides is 1. The van der Waals surface area contributed by atoms with Crippen LogP contribution in [0.1, 0.15) is 26.5 Å². The number of carbonyl (C=O) groups excluding carboxylic acids is 2. The summed E-state index contributed by atoms with van der Waals surface area (Å²) in [4.78, 5) is 24.0. The summed E-state index contributed by atoms with van der Waals surface area (Å²) in [6.45, 7) is 1.73. The highest BCUT2D eigenvalue weighted by molar-refractivity contribution is 6.03. The van der Waals surface area contributed by atoms with Gasteiger partial charge in [-0.1, -0.05) is 18.2 Å². The van der Waals surface area contributed by atoms with E-state index in [1.54, 1.807) is 49.4 Å². The number of aryl methyl sites for hydroxylation is 1. The molecule has 0 atom stereocenters. The quantitative estimate of drug-likeness (QED) is 0.730. The van der Waals surface area contributed by atoms with E-state index in [-0.39, 0.29) is 11.4 Å². The molecular weight excluding hydrogens is 337 g/mol. The van der Waals surface area contributed by atoms with Gasteiger partial charge >= 0.3 is 5.97 Å². The van der Waals surface area contributed by atoms with Crippen LogP contribution < -0.4 is 5.32 Å². The Morgan fingerprint density at radius 2 is 1.88 bits per heavy atom. The molecule has 1 N–H and O–H groups in total. The number of aromatic nitrogens is 2. The first-order chi connectivity index (χ1) is 12.5. The molecule has 3 aromatic rings. The van der Waals surface area contributed by atoms with Gasteiger partial charge in [0.25, 0.3) is 5.91 Å². The number of esters is 1. The Bertz CT molecular complexity index is 982. The summed E-state index contributed by atoms with van der Waals surface area (Å²) >= 11 is 0. The standard InChI is InChI=1S/C19H16FN3O3/c1-12-10-16(22-23(12)17-9-4-3-8-15(17)20)18(24)21-14-7-5-6-13(11-14)19(25)26-2/h3-11H,1-2H3,(H,21,24). The number of hydrogen-bond donors (Lipinski definition) is 1. The summed E-state index contributed by atoms with van der Waals surface area (Å²) < 4.78 is 20.0. The second-order valence-corrected chi connectivity index (χ2v) is 5.56. The van der Waals surface area contributed by atoms with Gasteiger partial charge in [0.2, 0.25) is 0 Å². The predicted molar refractivity (Wildman–Crippen MR) is 94.0 cm³/mol. The van der Waals surface area contributed by atoms with Crippen molar-refractivity contribution in [2.24, 2.45) is 0 Å². The lowest BCUT2D eigenvalue weighted by atomic mass is 10.2. The van der Waals surface area contributed by atoms with Gasteiger partial charge in [0, 0.05) is 11.4 Å². The van der Waals surface area contributed by atoms with Gasteiger partial charge in [-0.05, 0) is 43.3 Å². The molecule has 0 aliphatic rings. The zero-order valence-corrected chi connectivity index (χ0v) is 14.2. The molecular formula is C19H16FN3O3. The van der Waals surface area contributed by atoms with Crippen LogP contribution >= 0.6 is 0 Å². The van der Waals surface area contributed by atoms with E-state index in [2.05, 4.69) is 15.2 Å². The molecule has 0 spiro atoms. The zero-order chi connectivity index (χ0) is 18.7. The van der Waals surface area contributed by atoms with Crippen molar-refractivity contribution in [3.05, 3.63) is 77.4 Å². The summed E-state index contributed by atoms with van der Waals surface area (Å²) in [6.07, 6.45) is 0. The molecule has 3 rings (SSSR count). The van der Waals surface area contributed by atoms with Crippen molar-refractivity contribution in [2.45, 2.75) is 6.92 Å². The minimum atomic E-state index is -0.499. The van der Waals surface area contributed by atoms with Crippen LogP contribution in [-0.2, 0) is 4.74 Å². The number of anilines is 1. The normalized spacial score (nSPS) is 10.4.